The lowest BCUT2D eigenvalue weighted by molar-refractivity contribution is -0.131. The minimum atomic E-state index is -0.00870. The first-order chi connectivity index (χ1) is 13.7. The summed E-state index contributed by atoms with van der Waals surface area (Å²) in [6.07, 6.45) is 1.88. The highest BCUT2D eigenvalue weighted by molar-refractivity contribution is 5.78. The Hall–Kier alpha value is -3.42. The smallest absolute Gasteiger partial charge is 0.247 e. The molecule has 144 valence electrons. The van der Waals surface area contributed by atoms with Crippen molar-refractivity contribution >= 4 is 11.7 Å². The highest BCUT2D eigenvalue weighted by atomic mass is 16.5. The number of methoxy groups -OCH3 is 1. The lowest BCUT2D eigenvalue weighted by Gasteiger charge is -2.35. The standard InChI is InChI=1S/C20H21N5O3/c1-27-16-7-5-15(6-8-16)20-23-22-18(28-20)14-19(26)25-12-10-24(11-13-25)17-4-2-3-9-21-17/h2-9H,10-14H2,1H3. The average molecular weight is 379 g/mol. The molecule has 3 heterocycles. The number of aromatic nitrogens is 3. The van der Waals surface area contributed by atoms with Crippen LogP contribution in [0.2, 0.25) is 0 Å². The van der Waals surface area contributed by atoms with Crippen LogP contribution in [-0.4, -0.2) is 59.3 Å². The van der Waals surface area contributed by atoms with E-state index in [0.717, 1.165) is 30.2 Å². The second-order valence-corrected chi connectivity index (χ2v) is 6.46. The Bertz CT molecular complexity index is 919. The van der Waals surface area contributed by atoms with E-state index < -0.39 is 0 Å². The van der Waals surface area contributed by atoms with Crippen LogP contribution < -0.4 is 9.64 Å². The average Bonchev–Trinajstić information content (AvgIpc) is 3.23. The second-order valence-electron chi connectivity index (χ2n) is 6.46. The molecule has 0 N–H and O–H groups in total. The van der Waals surface area contributed by atoms with E-state index in [2.05, 4.69) is 20.1 Å². The Labute approximate surface area is 162 Å². The van der Waals surface area contributed by atoms with Crippen molar-refractivity contribution in [3.05, 3.63) is 54.6 Å². The largest absolute Gasteiger partial charge is 0.497 e. The van der Waals surface area contributed by atoms with Crippen molar-refractivity contribution in [2.75, 3.05) is 38.2 Å². The van der Waals surface area contributed by atoms with Gasteiger partial charge in [0.1, 0.15) is 18.0 Å². The maximum absolute atomic E-state index is 12.6. The van der Waals surface area contributed by atoms with Crippen molar-refractivity contribution < 1.29 is 13.9 Å². The molecule has 1 saturated heterocycles. The number of piperazine rings is 1. The van der Waals surface area contributed by atoms with E-state index in [4.69, 9.17) is 9.15 Å². The first kappa shape index (κ1) is 18.0. The lowest BCUT2D eigenvalue weighted by Crippen LogP contribution is -2.49. The van der Waals surface area contributed by atoms with Crippen molar-refractivity contribution in [1.82, 2.24) is 20.1 Å². The molecule has 0 spiro atoms. The number of carbonyl (C=O) groups is 1. The first-order valence-corrected chi connectivity index (χ1v) is 9.13. The molecular formula is C20H21N5O3. The van der Waals surface area contributed by atoms with Gasteiger partial charge < -0.3 is 19.0 Å². The normalized spacial score (nSPS) is 14.2. The van der Waals surface area contributed by atoms with Gasteiger partial charge in [0.15, 0.2) is 0 Å². The van der Waals surface area contributed by atoms with Gasteiger partial charge in [0, 0.05) is 37.9 Å². The zero-order valence-corrected chi connectivity index (χ0v) is 15.6. The van der Waals surface area contributed by atoms with Crippen LogP contribution in [0.25, 0.3) is 11.5 Å². The molecule has 0 radical (unpaired) electrons. The summed E-state index contributed by atoms with van der Waals surface area (Å²) in [6.45, 7) is 2.80. The van der Waals surface area contributed by atoms with Gasteiger partial charge in [-0.3, -0.25) is 4.79 Å². The Balaban J connectivity index is 1.34. The fourth-order valence-electron chi connectivity index (χ4n) is 3.14. The Morgan fingerprint density at radius 1 is 1.07 bits per heavy atom. The van der Waals surface area contributed by atoms with Crippen LogP contribution in [0, 0.1) is 0 Å². The van der Waals surface area contributed by atoms with Crippen LogP contribution in [0.5, 0.6) is 5.75 Å². The van der Waals surface area contributed by atoms with Crippen molar-refractivity contribution in [3.63, 3.8) is 0 Å². The number of hydrogen-bond acceptors (Lipinski definition) is 7. The molecule has 4 rings (SSSR count). The molecule has 1 aliphatic rings. The summed E-state index contributed by atoms with van der Waals surface area (Å²) in [5.74, 6) is 2.40. The van der Waals surface area contributed by atoms with E-state index in [-0.39, 0.29) is 12.3 Å². The van der Waals surface area contributed by atoms with E-state index >= 15 is 0 Å². The molecular weight excluding hydrogens is 358 g/mol. The van der Waals surface area contributed by atoms with Gasteiger partial charge in [-0.2, -0.15) is 0 Å². The lowest BCUT2D eigenvalue weighted by atomic mass is 10.2. The van der Waals surface area contributed by atoms with E-state index in [1.807, 2.05) is 47.4 Å². The van der Waals surface area contributed by atoms with Gasteiger partial charge in [0.25, 0.3) is 0 Å². The molecule has 3 aromatic rings. The van der Waals surface area contributed by atoms with Crippen LogP contribution in [0.15, 0.2) is 53.1 Å². The molecule has 8 nitrogen and oxygen atoms in total. The molecule has 8 heteroatoms. The first-order valence-electron chi connectivity index (χ1n) is 9.13. The summed E-state index contributed by atoms with van der Waals surface area (Å²) in [7, 11) is 1.61. The number of pyridine rings is 1. The molecule has 0 atom stereocenters. The molecule has 1 aromatic carbocycles. The molecule has 0 saturated carbocycles. The van der Waals surface area contributed by atoms with Gasteiger partial charge in [-0.05, 0) is 36.4 Å². The molecule has 1 amide bonds. The Morgan fingerprint density at radius 3 is 2.54 bits per heavy atom. The Kier molecular flexibility index (Phi) is 5.18. The predicted octanol–water partition coefficient (Wildman–Crippen LogP) is 2.03. The molecule has 2 aromatic heterocycles. The van der Waals surface area contributed by atoms with Gasteiger partial charge >= 0.3 is 0 Å². The van der Waals surface area contributed by atoms with E-state index in [1.165, 1.54) is 0 Å². The monoisotopic (exact) mass is 379 g/mol. The quantitative estimate of drug-likeness (QED) is 0.670. The molecule has 0 bridgehead atoms. The van der Waals surface area contributed by atoms with Gasteiger partial charge in [-0.15, -0.1) is 10.2 Å². The van der Waals surface area contributed by atoms with Gasteiger partial charge in [-0.25, -0.2) is 4.98 Å². The van der Waals surface area contributed by atoms with Gasteiger partial charge in [0.05, 0.1) is 7.11 Å². The van der Waals surface area contributed by atoms with Crippen molar-refractivity contribution in [1.29, 1.82) is 0 Å². The number of rotatable bonds is 5. The summed E-state index contributed by atoms with van der Waals surface area (Å²) in [5, 5.41) is 8.06. The summed E-state index contributed by atoms with van der Waals surface area (Å²) < 4.78 is 10.8. The van der Waals surface area contributed by atoms with E-state index in [0.29, 0.717) is 24.9 Å². The third-order valence-electron chi connectivity index (χ3n) is 4.71. The van der Waals surface area contributed by atoms with Crippen molar-refractivity contribution in [2.45, 2.75) is 6.42 Å². The van der Waals surface area contributed by atoms with Crippen molar-refractivity contribution in [3.8, 4) is 17.2 Å². The maximum Gasteiger partial charge on any atom is 0.247 e. The maximum atomic E-state index is 12.6. The van der Waals surface area contributed by atoms with E-state index in [9.17, 15) is 4.79 Å². The summed E-state index contributed by atoms with van der Waals surface area (Å²) in [6, 6.07) is 13.2. The van der Waals surface area contributed by atoms with Crippen LogP contribution in [0.4, 0.5) is 5.82 Å². The van der Waals surface area contributed by atoms with E-state index in [1.54, 1.807) is 13.3 Å². The molecule has 0 aliphatic carbocycles. The van der Waals surface area contributed by atoms with Crippen LogP contribution in [0.1, 0.15) is 5.89 Å². The predicted molar refractivity (Wildman–Crippen MR) is 103 cm³/mol. The minimum Gasteiger partial charge on any atom is -0.497 e. The van der Waals surface area contributed by atoms with Gasteiger partial charge in [0.2, 0.25) is 17.7 Å². The topological polar surface area (TPSA) is 84.6 Å². The Morgan fingerprint density at radius 2 is 1.86 bits per heavy atom. The number of carbonyl (C=O) groups excluding carboxylic acids is 1. The third-order valence-corrected chi connectivity index (χ3v) is 4.71. The van der Waals surface area contributed by atoms with Crippen LogP contribution in [-0.2, 0) is 11.2 Å². The molecule has 1 fully saturated rings. The van der Waals surface area contributed by atoms with Crippen LogP contribution >= 0.6 is 0 Å². The zero-order valence-electron chi connectivity index (χ0n) is 15.6. The highest BCUT2D eigenvalue weighted by Gasteiger charge is 2.23. The molecule has 28 heavy (non-hydrogen) atoms. The van der Waals surface area contributed by atoms with Crippen LogP contribution in [0.3, 0.4) is 0 Å². The number of amides is 1. The summed E-state index contributed by atoms with van der Waals surface area (Å²) in [4.78, 5) is 21.0. The number of hydrogen-bond donors (Lipinski definition) is 0. The summed E-state index contributed by atoms with van der Waals surface area (Å²) in [5.41, 5.74) is 0.788. The molecule has 1 aliphatic heterocycles. The fourth-order valence-corrected chi connectivity index (χ4v) is 3.14. The number of benzene rings is 1. The second kappa shape index (κ2) is 8.08. The van der Waals surface area contributed by atoms with Gasteiger partial charge in [-0.1, -0.05) is 6.07 Å². The zero-order chi connectivity index (χ0) is 19.3. The highest BCUT2D eigenvalue weighted by Crippen LogP contribution is 2.21. The number of nitrogens with zero attached hydrogens (tertiary/aromatic N) is 5. The summed E-state index contributed by atoms with van der Waals surface area (Å²) >= 11 is 0. The fraction of sp³-hybridized carbons (Fsp3) is 0.300. The SMILES string of the molecule is COc1ccc(-c2nnc(CC(=O)N3CCN(c4ccccn4)CC3)o2)cc1. The number of anilines is 1. The van der Waals surface area contributed by atoms with Crippen molar-refractivity contribution in [2.24, 2.45) is 0 Å². The third kappa shape index (κ3) is 3.95. The molecule has 0 unspecified atom stereocenters. The number of ether oxygens (including phenoxy) is 1. The minimum absolute atomic E-state index is 0.00870.